The van der Waals surface area contributed by atoms with Gasteiger partial charge in [0, 0.05) is 11.5 Å². The van der Waals surface area contributed by atoms with Crippen molar-refractivity contribution >= 4 is 17.4 Å². The number of rotatable bonds is 3. The van der Waals surface area contributed by atoms with Gasteiger partial charge in [0.25, 0.3) is 5.91 Å². The SMILES string of the molecule is CCC(C)C(=O)c1ccc2c(c1)OCC(=O)N2. The third-order valence-corrected chi connectivity index (χ3v) is 2.96. The third kappa shape index (κ3) is 2.30. The smallest absolute Gasteiger partial charge is 0.262 e. The number of amides is 1. The standard InChI is InChI=1S/C13H15NO3/c1-3-8(2)13(16)9-4-5-10-11(6-9)17-7-12(15)14-10/h4-6,8H,3,7H2,1-2H3,(H,14,15). The molecule has 17 heavy (non-hydrogen) atoms. The third-order valence-electron chi connectivity index (χ3n) is 2.96. The molecule has 0 aliphatic carbocycles. The number of hydrogen-bond donors (Lipinski definition) is 1. The van der Waals surface area contributed by atoms with Crippen LogP contribution in [0.25, 0.3) is 0 Å². The topological polar surface area (TPSA) is 55.4 Å². The van der Waals surface area contributed by atoms with Gasteiger partial charge < -0.3 is 10.1 Å². The van der Waals surface area contributed by atoms with Crippen LogP contribution in [0.3, 0.4) is 0 Å². The first-order valence-corrected chi connectivity index (χ1v) is 5.72. The molecule has 0 bridgehead atoms. The van der Waals surface area contributed by atoms with E-state index in [1.807, 2.05) is 13.8 Å². The Labute approximate surface area is 100.0 Å². The largest absolute Gasteiger partial charge is 0.482 e. The van der Waals surface area contributed by atoms with Gasteiger partial charge in [-0.3, -0.25) is 9.59 Å². The predicted octanol–water partition coefficient (Wildman–Crippen LogP) is 2.25. The fourth-order valence-electron chi connectivity index (χ4n) is 1.70. The van der Waals surface area contributed by atoms with Crippen LogP contribution in [0.15, 0.2) is 18.2 Å². The second-order valence-corrected chi connectivity index (χ2v) is 4.22. The summed E-state index contributed by atoms with van der Waals surface area (Å²) >= 11 is 0. The number of nitrogens with one attached hydrogen (secondary N) is 1. The van der Waals surface area contributed by atoms with E-state index in [2.05, 4.69) is 5.32 Å². The number of ether oxygens (including phenoxy) is 1. The van der Waals surface area contributed by atoms with Crippen LogP contribution in [0.4, 0.5) is 5.69 Å². The Morgan fingerprint density at radius 1 is 1.53 bits per heavy atom. The number of benzene rings is 1. The minimum absolute atomic E-state index is 0.00577. The van der Waals surface area contributed by atoms with Crippen LogP contribution in [-0.4, -0.2) is 18.3 Å². The van der Waals surface area contributed by atoms with Crippen molar-refractivity contribution in [2.75, 3.05) is 11.9 Å². The maximum Gasteiger partial charge on any atom is 0.262 e. The van der Waals surface area contributed by atoms with Gasteiger partial charge in [0.1, 0.15) is 5.75 Å². The molecule has 2 rings (SSSR count). The zero-order chi connectivity index (χ0) is 12.4. The minimum Gasteiger partial charge on any atom is -0.482 e. The molecular formula is C13H15NO3. The van der Waals surface area contributed by atoms with Gasteiger partial charge >= 0.3 is 0 Å². The first kappa shape index (κ1) is 11.6. The fourth-order valence-corrected chi connectivity index (χ4v) is 1.70. The summed E-state index contributed by atoms with van der Waals surface area (Å²) in [5, 5.41) is 2.69. The van der Waals surface area contributed by atoms with Gasteiger partial charge in [0.15, 0.2) is 12.4 Å². The molecule has 0 radical (unpaired) electrons. The summed E-state index contributed by atoms with van der Waals surface area (Å²) in [7, 11) is 0. The van der Waals surface area contributed by atoms with Crippen LogP contribution in [-0.2, 0) is 4.79 Å². The summed E-state index contributed by atoms with van der Waals surface area (Å²) in [6, 6.07) is 5.13. The van der Waals surface area contributed by atoms with E-state index in [-0.39, 0.29) is 24.2 Å². The Morgan fingerprint density at radius 2 is 2.29 bits per heavy atom. The van der Waals surface area contributed by atoms with Crippen molar-refractivity contribution in [1.29, 1.82) is 0 Å². The molecule has 4 heteroatoms. The summed E-state index contributed by atoms with van der Waals surface area (Å²) in [5.41, 5.74) is 1.26. The molecule has 90 valence electrons. The molecule has 1 N–H and O–H groups in total. The number of carbonyl (C=O) groups excluding carboxylic acids is 2. The summed E-state index contributed by atoms with van der Waals surface area (Å²) < 4.78 is 5.28. The van der Waals surface area contributed by atoms with Crippen molar-refractivity contribution in [1.82, 2.24) is 0 Å². The summed E-state index contributed by atoms with van der Waals surface area (Å²) in [5.74, 6) is 0.513. The van der Waals surface area contributed by atoms with Gasteiger partial charge in [0.05, 0.1) is 5.69 Å². The number of Topliss-reactive ketones (excluding diaryl/α,β-unsaturated/α-hetero) is 1. The number of hydrogen-bond acceptors (Lipinski definition) is 3. The van der Waals surface area contributed by atoms with Crippen molar-refractivity contribution in [3.63, 3.8) is 0 Å². The van der Waals surface area contributed by atoms with E-state index in [0.717, 1.165) is 6.42 Å². The molecule has 1 amide bonds. The van der Waals surface area contributed by atoms with Crippen LogP contribution in [0.1, 0.15) is 30.6 Å². The second kappa shape index (κ2) is 4.57. The average molecular weight is 233 g/mol. The van der Waals surface area contributed by atoms with Crippen LogP contribution >= 0.6 is 0 Å². The lowest BCUT2D eigenvalue weighted by molar-refractivity contribution is -0.118. The van der Waals surface area contributed by atoms with Gasteiger partial charge in [-0.25, -0.2) is 0 Å². The highest BCUT2D eigenvalue weighted by atomic mass is 16.5. The lowest BCUT2D eigenvalue weighted by Gasteiger charge is -2.18. The lowest BCUT2D eigenvalue weighted by atomic mass is 9.97. The number of fused-ring (bicyclic) bond motifs is 1. The molecule has 0 saturated carbocycles. The van der Waals surface area contributed by atoms with Gasteiger partial charge in [-0.2, -0.15) is 0 Å². The quantitative estimate of drug-likeness (QED) is 0.814. The van der Waals surface area contributed by atoms with Crippen molar-refractivity contribution < 1.29 is 14.3 Å². The Bertz CT molecular complexity index is 468. The van der Waals surface area contributed by atoms with E-state index >= 15 is 0 Å². The second-order valence-electron chi connectivity index (χ2n) is 4.22. The highest BCUT2D eigenvalue weighted by Crippen LogP contribution is 2.29. The van der Waals surface area contributed by atoms with Gasteiger partial charge in [-0.15, -0.1) is 0 Å². The molecule has 1 aliphatic rings. The van der Waals surface area contributed by atoms with Crippen LogP contribution in [0, 0.1) is 5.92 Å². The first-order valence-electron chi connectivity index (χ1n) is 5.72. The molecule has 1 heterocycles. The molecule has 1 unspecified atom stereocenters. The van der Waals surface area contributed by atoms with E-state index in [1.165, 1.54) is 0 Å². The number of anilines is 1. The first-order chi connectivity index (χ1) is 8.11. The molecule has 1 aromatic rings. The highest BCUT2D eigenvalue weighted by Gasteiger charge is 2.19. The van der Waals surface area contributed by atoms with Crippen molar-refractivity contribution in [2.45, 2.75) is 20.3 Å². The summed E-state index contributed by atoms with van der Waals surface area (Å²) in [4.78, 5) is 23.1. The van der Waals surface area contributed by atoms with Gasteiger partial charge in [0.2, 0.25) is 0 Å². The average Bonchev–Trinajstić information content (AvgIpc) is 2.36. The molecule has 0 spiro atoms. The zero-order valence-corrected chi connectivity index (χ0v) is 9.95. The van der Waals surface area contributed by atoms with E-state index < -0.39 is 0 Å². The summed E-state index contributed by atoms with van der Waals surface area (Å²) in [6.45, 7) is 3.90. The fraction of sp³-hybridized carbons (Fsp3) is 0.385. The molecule has 4 nitrogen and oxygen atoms in total. The predicted molar refractivity (Wildman–Crippen MR) is 64.4 cm³/mol. The normalized spacial score (nSPS) is 15.5. The molecule has 0 aromatic heterocycles. The van der Waals surface area contributed by atoms with E-state index in [0.29, 0.717) is 17.0 Å². The van der Waals surface area contributed by atoms with Crippen molar-refractivity contribution in [3.8, 4) is 5.75 Å². The molecule has 0 fully saturated rings. The minimum atomic E-state index is -0.168. The van der Waals surface area contributed by atoms with Crippen LogP contribution < -0.4 is 10.1 Å². The highest BCUT2D eigenvalue weighted by molar-refractivity contribution is 6.00. The monoisotopic (exact) mass is 233 g/mol. The van der Waals surface area contributed by atoms with Gasteiger partial charge in [-0.05, 0) is 24.6 Å². The lowest BCUT2D eigenvalue weighted by Crippen LogP contribution is -2.25. The Hall–Kier alpha value is -1.84. The van der Waals surface area contributed by atoms with Crippen molar-refractivity contribution in [2.24, 2.45) is 5.92 Å². The summed E-state index contributed by atoms with van der Waals surface area (Å²) in [6.07, 6.45) is 0.813. The maximum absolute atomic E-state index is 12.0. The number of ketones is 1. The van der Waals surface area contributed by atoms with Crippen molar-refractivity contribution in [3.05, 3.63) is 23.8 Å². The Balaban J connectivity index is 2.28. The van der Waals surface area contributed by atoms with Crippen LogP contribution in [0.5, 0.6) is 5.75 Å². The Morgan fingerprint density at radius 3 is 3.00 bits per heavy atom. The van der Waals surface area contributed by atoms with E-state index in [4.69, 9.17) is 4.74 Å². The molecule has 1 aromatic carbocycles. The molecular weight excluding hydrogens is 218 g/mol. The maximum atomic E-state index is 12.0. The van der Waals surface area contributed by atoms with Gasteiger partial charge in [-0.1, -0.05) is 13.8 Å². The van der Waals surface area contributed by atoms with E-state index in [1.54, 1.807) is 18.2 Å². The van der Waals surface area contributed by atoms with Crippen LogP contribution in [0.2, 0.25) is 0 Å². The molecule has 1 aliphatic heterocycles. The molecule has 1 atom stereocenters. The zero-order valence-electron chi connectivity index (χ0n) is 9.95. The molecule has 0 saturated heterocycles. The van der Waals surface area contributed by atoms with E-state index in [9.17, 15) is 9.59 Å². The Kier molecular flexibility index (Phi) is 3.13. The number of carbonyl (C=O) groups is 2.